The second-order valence-electron chi connectivity index (χ2n) is 7.08. The van der Waals surface area contributed by atoms with E-state index in [0.29, 0.717) is 16.3 Å². The first-order valence-electron chi connectivity index (χ1n) is 9.45. The zero-order valence-corrected chi connectivity index (χ0v) is 16.3. The van der Waals surface area contributed by atoms with E-state index in [-0.39, 0.29) is 24.3 Å². The normalized spacial score (nSPS) is 14.6. The fourth-order valence-corrected chi connectivity index (χ4v) is 3.62. The molecule has 0 unspecified atom stereocenters. The Bertz CT molecular complexity index is 798. The van der Waals surface area contributed by atoms with Crippen LogP contribution >= 0.6 is 11.6 Å². The van der Waals surface area contributed by atoms with Gasteiger partial charge in [0.2, 0.25) is 5.91 Å². The summed E-state index contributed by atoms with van der Waals surface area (Å²) in [6.07, 6.45) is 5.87. The van der Waals surface area contributed by atoms with Crippen molar-refractivity contribution in [3.05, 3.63) is 64.7 Å². The Balaban J connectivity index is 1.72. The van der Waals surface area contributed by atoms with E-state index in [2.05, 4.69) is 5.32 Å². The molecule has 0 atom stereocenters. The number of carbonyl (C=O) groups excluding carboxylic acids is 2. The van der Waals surface area contributed by atoms with Gasteiger partial charge in [-0.25, -0.2) is 0 Å². The Morgan fingerprint density at radius 3 is 2.41 bits per heavy atom. The predicted octanol–water partition coefficient (Wildman–Crippen LogP) is 4.61. The van der Waals surface area contributed by atoms with Crippen LogP contribution in [0.1, 0.15) is 48.0 Å². The summed E-state index contributed by atoms with van der Waals surface area (Å²) < 4.78 is 0. The molecular formula is C22H25ClN2O2. The number of nitrogens with zero attached hydrogens (tertiary/aromatic N) is 1. The lowest BCUT2D eigenvalue weighted by molar-refractivity contribution is -0.117. The maximum Gasteiger partial charge on any atom is 0.253 e. The van der Waals surface area contributed by atoms with Crippen LogP contribution in [0.5, 0.6) is 0 Å². The van der Waals surface area contributed by atoms with Crippen molar-refractivity contribution in [3.8, 4) is 0 Å². The van der Waals surface area contributed by atoms with Crippen molar-refractivity contribution in [1.29, 1.82) is 0 Å². The Kier molecular flexibility index (Phi) is 6.51. The summed E-state index contributed by atoms with van der Waals surface area (Å²) >= 11 is 5.90. The minimum atomic E-state index is -0.108. The number of amides is 2. The number of likely N-dealkylation sites (N-methyl/N-ethyl adjacent to an activating group) is 1. The molecule has 142 valence electrons. The number of rotatable bonds is 5. The molecular weight excluding hydrogens is 360 g/mol. The second kappa shape index (κ2) is 9.05. The van der Waals surface area contributed by atoms with Crippen LogP contribution in [0.4, 0.5) is 5.69 Å². The van der Waals surface area contributed by atoms with Crippen molar-refractivity contribution in [1.82, 2.24) is 5.32 Å². The number of benzene rings is 2. The number of anilines is 1. The number of hydrogen-bond donors (Lipinski definition) is 1. The number of halogens is 1. The molecule has 3 rings (SSSR count). The Morgan fingerprint density at radius 1 is 1.04 bits per heavy atom. The first-order chi connectivity index (χ1) is 13.0. The summed E-state index contributed by atoms with van der Waals surface area (Å²) in [6, 6.07) is 14.7. The van der Waals surface area contributed by atoms with E-state index in [1.807, 2.05) is 30.3 Å². The van der Waals surface area contributed by atoms with Crippen LogP contribution in [-0.2, 0) is 11.2 Å². The van der Waals surface area contributed by atoms with Crippen LogP contribution in [0.25, 0.3) is 0 Å². The molecule has 0 aliphatic heterocycles. The third kappa shape index (κ3) is 5.10. The minimum absolute atomic E-state index is 0.0739. The Morgan fingerprint density at radius 2 is 1.70 bits per heavy atom. The third-order valence-electron chi connectivity index (χ3n) is 5.09. The van der Waals surface area contributed by atoms with E-state index in [1.165, 1.54) is 6.42 Å². The van der Waals surface area contributed by atoms with Crippen LogP contribution in [0, 0.1) is 0 Å². The van der Waals surface area contributed by atoms with Crippen LogP contribution in [-0.4, -0.2) is 24.9 Å². The third-order valence-corrected chi connectivity index (χ3v) is 5.35. The predicted molar refractivity (Wildman–Crippen MR) is 109 cm³/mol. The van der Waals surface area contributed by atoms with Crippen LogP contribution in [0.3, 0.4) is 0 Å². The van der Waals surface area contributed by atoms with Gasteiger partial charge in [0.25, 0.3) is 5.91 Å². The smallest absolute Gasteiger partial charge is 0.253 e. The standard InChI is InChI=1S/C22H25ClN2O2/c1-25(21(26)15-16-11-13-17(23)14-12-16)20-10-6-5-9-19(20)22(27)24-18-7-3-2-4-8-18/h5-6,9-14,18H,2-4,7-8,15H2,1H3,(H,24,27). The summed E-state index contributed by atoms with van der Waals surface area (Å²) in [7, 11) is 1.71. The van der Waals surface area contributed by atoms with Crippen LogP contribution in [0.15, 0.2) is 48.5 Å². The van der Waals surface area contributed by atoms with Gasteiger partial charge >= 0.3 is 0 Å². The van der Waals surface area contributed by atoms with Crippen molar-refractivity contribution in [2.45, 2.75) is 44.6 Å². The zero-order valence-electron chi connectivity index (χ0n) is 15.6. The molecule has 27 heavy (non-hydrogen) atoms. The van der Waals surface area contributed by atoms with E-state index >= 15 is 0 Å². The lowest BCUT2D eigenvalue weighted by Crippen LogP contribution is -2.37. The summed E-state index contributed by atoms with van der Waals surface area (Å²) in [6.45, 7) is 0. The average Bonchev–Trinajstić information content (AvgIpc) is 2.70. The van der Waals surface area contributed by atoms with Gasteiger partial charge in [-0.1, -0.05) is 55.1 Å². The first kappa shape index (κ1) is 19.4. The first-order valence-corrected chi connectivity index (χ1v) is 9.83. The second-order valence-corrected chi connectivity index (χ2v) is 7.52. The fourth-order valence-electron chi connectivity index (χ4n) is 3.50. The largest absolute Gasteiger partial charge is 0.349 e. The fraction of sp³-hybridized carbons (Fsp3) is 0.364. The molecule has 0 spiro atoms. The quantitative estimate of drug-likeness (QED) is 0.818. The van der Waals surface area contributed by atoms with E-state index in [1.54, 1.807) is 30.1 Å². The van der Waals surface area contributed by atoms with Gasteiger partial charge in [0.15, 0.2) is 0 Å². The maximum atomic E-state index is 12.8. The van der Waals surface area contributed by atoms with Gasteiger partial charge < -0.3 is 10.2 Å². The van der Waals surface area contributed by atoms with Gasteiger partial charge in [-0.3, -0.25) is 9.59 Å². The molecule has 2 amide bonds. The van der Waals surface area contributed by atoms with E-state index < -0.39 is 0 Å². The molecule has 1 saturated carbocycles. The van der Waals surface area contributed by atoms with Crippen LogP contribution in [0.2, 0.25) is 5.02 Å². The highest BCUT2D eigenvalue weighted by Gasteiger charge is 2.21. The monoisotopic (exact) mass is 384 g/mol. The van der Waals surface area contributed by atoms with Gasteiger partial charge in [-0.15, -0.1) is 0 Å². The molecule has 4 nitrogen and oxygen atoms in total. The highest BCUT2D eigenvalue weighted by molar-refractivity contribution is 6.30. The lowest BCUT2D eigenvalue weighted by Gasteiger charge is -2.25. The van der Waals surface area contributed by atoms with Crippen LogP contribution < -0.4 is 10.2 Å². The SMILES string of the molecule is CN(C(=O)Cc1ccc(Cl)cc1)c1ccccc1C(=O)NC1CCCCC1. The van der Waals surface area contributed by atoms with Crippen molar-refractivity contribution < 1.29 is 9.59 Å². The zero-order chi connectivity index (χ0) is 19.2. The molecule has 0 radical (unpaired) electrons. The van der Waals surface area contributed by atoms with Crippen molar-refractivity contribution >= 4 is 29.1 Å². The lowest BCUT2D eigenvalue weighted by atomic mass is 9.95. The van der Waals surface area contributed by atoms with Crippen molar-refractivity contribution in [2.24, 2.45) is 0 Å². The molecule has 0 bridgehead atoms. The summed E-state index contributed by atoms with van der Waals surface area (Å²) in [5, 5.41) is 3.78. The topological polar surface area (TPSA) is 49.4 Å². The van der Waals surface area contributed by atoms with Gasteiger partial charge in [0, 0.05) is 18.1 Å². The summed E-state index contributed by atoms with van der Waals surface area (Å²) in [5.74, 6) is -0.182. The molecule has 0 aromatic heterocycles. The molecule has 2 aromatic rings. The molecule has 0 heterocycles. The maximum absolute atomic E-state index is 12.8. The average molecular weight is 385 g/mol. The number of nitrogens with one attached hydrogen (secondary N) is 1. The van der Waals surface area contributed by atoms with E-state index in [9.17, 15) is 9.59 Å². The molecule has 2 aromatic carbocycles. The van der Waals surface area contributed by atoms with Gasteiger partial charge in [-0.2, -0.15) is 0 Å². The van der Waals surface area contributed by atoms with Gasteiger partial charge in [-0.05, 0) is 42.7 Å². The summed E-state index contributed by atoms with van der Waals surface area (Å²) in [5.41, 5.74) is 2.06. The van der Waals surface area contributed by atoms with E-state index in [4.69, 9.17) is 11.6 Å². The molecule has 0 saturated heterocycles. The Labute approximate surface area is 165 Å². The van der Waals surface area contributed by atoms with Gasteiger partial charge in [0.05, 0.1) is 17.7 Å². The molecule has 5 heteroatoms. The van der Waals surface area contributed by atoms with Crippen molar-refractivity contribution in [3.63, 3.8) is 0 Å². The minimum Gasteiger partial charge on any atom is -0.349 e. The molecule has 1 aliphatic rings. The number of para-hydroxylation sites is 1. The molecule has 1 N–H and O–H groups in total. The highest BCUT2D eigenvalue weighted by Crippen LogP contribution is 2.23. The highest BCUT2D eigenvalue weighted by atomic mass is 35.5. The molecule has 1 aliphatic carbocycles. The summed E-state index contributed by atoms with van der Waals surface area (Å²) in [4.78, 5) is 27.1. The Hall–Kier alpha value is -2.33. The molecule has 1 fully saturated rings. The number of hydrogen-bond acceptors (Lipinski definition) is 2. The van der Waals surface area contributed by atoms with Gasteiger partial charge in [0.1, 0.15) is 0 Å². The van der Waals surface area contributed by atoms with Crippen molar-refractivity contribution in [2.75, 3.05) is 11.9 Å². The number of carbonyl (C=O) groups is 2. The van der Waals surface area contributed by atoms with E-state index in [0.717, 1.165) is 31.2 Å².